The largest absolute Gasteiger partial charge is 0.459 e. The summed E-state index contributed by atoms with van der Waals surface area (Å²) in [4.78, 5) is 0. The average Bonchev–Trinajstić information content (AvgIpc) is 2.83. The van der Waals surface area contributed by atoms with Crippen LogP contribution >= 0.6 is 0 Å². The molecule has 0 bridgehead atoms. The fourth-order valence-electron chi connectivity index (χ4n) is 2.26. The van der Waals surface area contributed by atoms with Crippen molar-refractivity contribution in [2.24, 2.45) is 17.6 Å². The molecule has 1 aromatic carbocycles. The van der Waals surface area contributed by atoms with Gasteiger partial charge in [-0.2, -0.15) is 0 Å². The maximum absolute atomic E-state index is 13.0. The average molecular weight is 219 g/mol. The third-order valence-electron chi connectivity index (χ3n) is 3.46. The van der Waals surface area contributed by atoms with Crippen LogP contribution in [0.2, 0.25) is 0 Å². The molecule has 1 fully saturated rings. The molecule has 0 radical (unpaired) electrons. The molecule has 1 aromatic heterocycles. The minimum absolute atomic E-state index is 0.0505. The molecule has 16 heavy (non-hydrogen) atoms. The Labute approximate surface area is 93.2 Å². The van der Waals surface area contributed by atoms with E-state index in [-0.39, 0.29) is 11.9 Å². The van der Waals surface area contributed by atoms with Gasteiger partial charge in [0.1, 0.15) is 17.2 Å². The second-order valence-corrected chi connectivity index (χ2v) is 4.73. The van der Waals surface area contributed by atoms with Gasteiger partial charge < -0.3 is 10.2 Å². The zero-order valence-corrected chi connectivity index (χ0v) is 9.11. The summed E-state index contributed by atoms with van der Waals surface area (Å²) in [7, 11) is 0. The molecule has 0 aliphatic heterocycles. The number of rotatable bonds is 2. The van der Waals surface area contributed by atoms with Gasteiger partial charge in [0.05, 0.1) is 6.04 Å². The maximum atomic E-state index is 13.0. The van der Waals surface area contributed by atoms with E-state index in [0.717, 1.165) is 17.6 Å². The highest BCUT2D eigenvalue weighted by Crippen LogP contribution is 2.46. The van der Waals surface area contributed by atoms with Crippen LogP contribution < -0.4 is 5.73 Å². The third-order valence-corrected chi connectivity index (χ3v) is 3.46. The van der Waals surface area contributed by atoms with Crippen molar-refractivity contribution >= 4 is 11.0 Å². The summed E-state index contributed by atoms with van der Waals surface area (Å²) in [6, 6.07) is 6.34. The summed E-state index contributed by atoms with van der Waals surface area (Å²) < 4.78 is 18.6. The van der Waals surface area contributed by atoms with Crippen LogP contribution in [0.4, 0.5) is 4.39 Å². The SMILES string of the molecule is CC1CC1C(N)c1cc2cc(F)ccc2o1. The Morgan fingerprint density at radius 2 is 2.19 bits per heavy atom. The third kappa shape index (κ3) is 1.52. The van der Waals surface area contributed by atoms with E-state index in [1.165, 1.54) is 12.1 Å². The Bertz CT molecular complexity index is 534. The molecule has 3 unspecified atom stereocenters. The minimum atomic E-state index is -0.242. The molecule has 3 atom stereocenters. The van der Waals surface area contributed by atoms with Crippen molar-refractivity contribution < 1.29 is 8.81 Å². The van der Waals surface area contributed by atoms with Crippen molar-refractivity contribution in [2.75, 3.05) is 0 Å². The van der Waals surface area contributed by atoms with Crippen LogP contribution in [0.3, 0.4) is 0 Å². The lowest BCUT2D eigenvalue weighted by molar-refractivity contribution is 0.455. The number of benzene rings is 1. The molecular weight excluding hydrogens is 205 g/mol. The predicted octanol–water partition coefficient (Wildman–Crippen LogP) is 3.23. The quantitative estimate of drug-likeness (QED) is 0.842. The standard InChI is InChI=1S/C13H14FNO/c1-7-4-10(7)13(15)12-6-8-5-9(14)2-3-11(8)16-12/h2-3,5-7,10,13H,4,15H2,1H3. The van der Waals surface area contributed by atoms with Gasteiger partial charge in [-0.25, -0.2) is 4.39 Å². The predicted molar refractivity (Wildman–Crippen MR) is 60.4 cm³/mol. The van der Waals surface area contributed by atoms with Crippen LogP contribution in [0.5, 0.6) is 0 Å². The first-order valence-corrected chi connectivity index (χ1v) is 5.60. The van der Waals surface area contributed by atoms with Gasteiger partial charge in [-0.15, -0.1) is 0 Å². The number of hydrogen-bond donors (Lipinski definition) is 1. The van der Waals surface area contributed by atoms with Crippen LogP contribution in [-0.4, -0.2) is 0 Å². The molecule has 84 valence electrons. The topological polar surface area (TPSA) is 39.2 Å². The van der Waals surface area contributed by atoms with Gasteiger partial charge in [-0.05, 0) is 42.5 Å². The smallest absolute Gasteiger partial charge is 0.134 e. The zero-order chi connectivity index (χ0) is 11.3. The second-order valence-electron chi connectivity index (χ2n) is 4.73. The van der Waals surface area contributed by atoms with Crippen molar-refractivity contribution in [3.8, 4) is 0 Å². The molecule has 3 heteroatoms. The molecule has 1 aliphatic carbocycles. The highest BCUT2D eigenvalue weighted by atomic mass is 19.1. The number of halogens is 1. The van der Waals surface area contributed by atoms with E-state index in [1.54, 1.807) is 6.07 Å². The van der Waals surface area contributed by atoms with E-state index in [2.05, 4.69) is 6.92 Å². The van der Waals surface area contributed by atoms with Crippen LogP contribution in [-0.2, 0) is 0 Å². The Balaban J connectivity index is 1.98. The van der Waals surface area contributed by atoms with Crippen molar-refractivity contribution in [3.63, 3.8) is 0 Å². The van der Waals surface area contributed by atoms with Crippen LogP contribution in [0, 0.1) is 17.7 Å². The number of hydrogen-bond acceptors (Lipinski definition) is 2. The summed E-state index contributed by atoms with van der Waals surface area (Å²) in [5, 5.41) is 0.791. The molecule has 2 N–H and O–H groups in total. The second kappa shape index (κ2) is 3.32. The van der Waals surface area contributed by atoms with E-state index < -0.39 is 0 Å². The highest BCUT2D eigenvalue weighted by Gasteiger charge is 2.39. The van der Waals surface area contributed by atoms with Crippen molar-refractivity contribution in [2.45, 2.75) is 19.4 Å². The van der Waals surface area contributed by atoms with Crippen molar-refractivity contribution in [1.29, 1.82) is 0 Å². The molecular formula is C13H14FNO. The van der Waals surface area contributed by atoms with Gasteiger partial charge in [-0.3, -0.25) is 0 Å². The zero-order valence-electron chi connectivity index (χ0n) is 9.11. The first-order chi connectivity index (χ1) is 7.65. The van der Waals surface area contributed by atoms with Crippen LogP contribution in [0.25, 0.3) is 11.0 Å². The fourth-order valence-corrected chi connectivity index (χ4v) is 2.26. The molecule has 1 saturated carbocycles. The summed E-state index contributed by atoms with van der Waals surface area (Å²) in [5.41, 5.74) is 6.81. The number of nitrogens with two attached hydrogens (primary N) is 1. The van der Waals surface area contributed by atoms with Crippen molar-refractivity contribution in [3.05, 3.63) is 35.8 Å². The van der Waals surface area contributed by atoms with Gasteiger partial charge in [0.2, 0.25) is 0 Å². The highest BCUT2D eigenvalue weighted by molar-refractivity contribution is 5.78. The Morgan fingerprint density at radius 3 is 2.88 bits per heavy atom. The summed E-state index contributed by atoms with van der Waals surface area (Å²) in [6.45, 7) is 2.19. The summed E-state index contributed by atoms with van der Waals surface area (Å²) in [5.74, 6) is 1.73. The molecule has 2 nitrogen and oxygen atoms in total. The molecule has 1 heterocycles. The summed E-state index contributed by atoms with van der Waals surface area (Å²) in [6.07, 6.45) is 1.16. The van der Waals surface area contributed by atoms with Crippen molar-refractivity contribution in [1.82, 2.24) is 0 Å². The fraction of sp³-hybridized carbons (Fsp3) is 0.385. The first kappa shape index (κ1) is 9.85. The molecule has 0 spiro atoms. The monoisotopic (exact) mass is 219 g/mol. The van der Waals surface area contributed by atoms with Crippen LogP contribution in [0.1, 0.15) is 25.1 Å². The van der Waals surface area contributed by atoms with E-state index in [0.29, 0.717) is 17.4 Å². The van der Waals surface area contributed by atoms with Gasteiger partial charge in [0.15, 0.2) is 0 Å². The van der Waals surface area contributed by atoms with Gasteiger partial charge in [0, 0.05) is 5.39 Å². The molecule has 2 aromatic rings. The lowest BCUT2D eigenvalue weighted by Gasteiger charge is -2.05. The van der Waals surface area contributed by atoms with E-state index >= 15 is 0 Å². The Kier molecular flexibility index (Phi) is 2.04. The lowest BCUT2D eigenvalue weighted by atomic mass is 10.1. The number of fused-ring (bicyclic) bond motifs is 1. The lowest BCUT2D eigenvalue weighted by Crippen LogP contribution is -2.12. The molecule has 1 aliphatic rings. The summed E-state index contributed by atoms with van der Waals surface area (Å²) >= 11 is 0. The first-order valence-electron chi connectivity index (χ1n) is 5.60. The Morgan fingerprint density at radius 1 is 1.44 bits per heavy atom. The Hall–Kier alpha value is -1.35. The maximum Gasteiger partial charge on any atom is 0.134 e. The van der Waals surface area contributed by atoms with Crippen LogP contribution in [0.15, 0.2) is 28.7 Å². The van der Waals surface area contributed by atoms with Gasteiger partial charge in [-0.1, -0.05) is 6.92 Å². The minimum Gasteiger partial charge on any atom is -0.459 e. The molecule has 0 amide bonds. The molecule has 3 rings (SSSR count). The normalized spacial score (nSPS) is 25.9. The molecule has 0 saturated heterocycles. The van der Waals surface area contributed by atoms with E-state index in [4.69, 9.17) is 10.2 Å². The van der Waals surface area contributed by atoms with E-state index in [9.17, 15) is 4.39 Å². The number of furan rings is 1. The van der Waals surface area contributed by atoms with Gasteiger partial charge >= 0.3 is 0 Å². The van der Waals surface area contributed by atoms with E-state index in [1.807, 2.05) is 6.07 Å². The van der Waals surface area contributed by atoms with Gasteiger partial charge in [0.25, 0.3) is 0 Å².